The van der Waals surface area contributed by atoms with Crippen molar-refractivity contribution in [2.45, 2.75) is 12.6 Å². The minimum Gasteiger partial charge on any atom is -0.475 e. The predicted molar refractivity (Wildman–Crippen MR) is 38.2 cm³/mol. The lowest BCUT2D eigenvalue weighted by atomic mass is 10.4. The maximum atomic E-state index is 10.6. The van der Waals surface area contributed by atoms with Gasteiger partial charge in [-0.1, -0.05) is 0 Å². The molecule has 1 aliphatic carbocycles. The van der Waals surface area contributed by atoms with Gasteiger partial charge in [0.1, 0.15) is 0 Å². The van der Waals surface area contributed by atoms with Crippen molar-refractivity contribution in [3.05, 3.63) is 0 Å². The van der Waals surface area contributed by atoms with Crippen LogP contribution < -0.4 is 5.32 Å². The second kappa shape index (κ2) is 3.53. The van der Waals surface area contributed by atoms with E-state index in [1.165, 1.54) is 19.5 Å². The van der Waals surface area contributed by atoms with E-state index in [4.69, 9.17) is 9.90 Å². The zero-order chi connectivity index (χ0) is 10.1. The summed E-state index contributed by atoms with van der Waals surface area (Å²) in [6.07, 6.45) is -3.56. The van der Waals surface area contributed by atoms with Crippen molar-refractivity contribution in [3.63, 3.8) is 0 Å². The zero-order valence-electron chi connectivity index (χ0n) is 6.77. The molecule has 0 aromatic heterocycles. The van der Waals surface area contributed by atoms with Gasteiger partial charge < -0.3 is 10.4 Å². The van der Waals surface area contributed by atoms with E-state index >= 15 is 0 Å². The molecule has 0 spiro atoms. The van der Waals surface area contributed by atoms with Crippen LogP contribution >= 0.6 is 0 Å². The molecular weight excluding hydrogens is 187 g/mol. The zero-order valence-corrected chi connectivity index (χ0v) is 6.77. The van der Waals surface area contributed by atoms with E-state index in [1.54, 1.807) is 0 Å². The molecule has 13 heavy (non-hydrogen) atoms. The molecule has 3 nitrogen and oxygen atoms in total. The Morgan fingerprint density at radius 2 is 1.69 bits per heavy atom. The van der Waals surface area contributed by atoms with Crippen LogP contribution in [0.25, 0.3) is 0 Å². The summed E-state index contributed by atoms with van der Waals surface area (Å²) >= 11 is 0. The Hall–Kier alpha value is -0.780. The summed E-state index contributed by atoms with van der Waals surface area (Å²) in [5.74, 6) is -0.553. The number of fused-ring (bicyclic) bond motifs is 1. The van der Waals surface area contributed by atoms with Crippen LogP contribution in [0.15, 0.2) is 0 Å². The molecule has 1 saturated heterocycles. The third-order valence-electron chi connectivity index (χ3n) is 2.12. The Kier molecular flexibility index (Phi) is 2.80. The first kappa shape index (κ1) is 10.3. The number of aliphatic carboxylic acids is 1. The van der Waals surface area contributed by atoms with Crippen LogP contribution in [-0.2, 0) is 4.79 Å². The minimum atomic E-state index is -5.08. The topological polar surface area (TPSA) is 49.3 Å². The summed E-state index contributed by atoms with van der Waals surface area (Å²) in [6.45, 7) is 2.62. The number of hydrogen-bond donors (Lipinski definition) is 2. The van der Waals surface area contributed by atoms with Crippen LogP contribution in [0.4, 0.5) is 13.2 Å². The Bertz CT molecular complexity index is 196. The van der Waals surface area contributed by atoms with E-state index in [1.807, 2.05) is 0 Å². The molecule has 2 aliphatic rings. The van der Waals surface area contributed by atoms with Crippen LogP contribution in [0.1, 0.15) is 6.42 Å². The first-order valence-electron chi connectivity index (χ1n) is 3.92. The van der Waals surface area contributed by atoms with Gasteiger partial charge in [0.15, 0.2) is 0 Å². The third-order valence-corrected chi connectivity index (χ3v) is 2.12. The van der Waals surface area contributed by atoms with E-state index in [2.05, 4.69) is 5.32 Å². The fourth-order valence-electron chi connectivity index (χ4n) is 1.26. The number of piperidine rings is 1. The molecule has 0 bridgehead atoms. The van der Waals surface area contributed by atoms with Gasteiger partial charge in [0.25, 0.3) is 0 Å². The highest BCUT2D eigenvalue weighted by Gasteiger charge is 2.40. The van der Waals surface area contributed by atoms with E-state index in [0.29, 0.717) is 0 Å². The van der Waals surface area contributed by atoms with Gasteiger partial charge in [-0.25, -0.2) is 4.79 Å². The van der Waals surface area contributed by atoms with Gasteiger partial charge in [-0.15, -0.1) is 0 Å². The average molecular weight is 197 g/mol. The number of nitrogens with one attached hydrogen (secondary N) is 1. The lowest BCUT2D eigenvalue weighted by Crippen LogP contribution is -2.21. The smallest absolute Gasteiger partial charge is 0.475 e. The van der Waals surface area contributed by atoms with Crippen molar-refractivity contribution < 1.29 is 23.1 Å². The summed E-state index contributed by atoms with van der Waals surface area (Å²) in [6, 6.07) is 0. The molecule has 1 saturated carbocycles. The quantitative estimate of drug-likeness (QED) is 0.605. The predicted octanol–water partition coefficient (Wildman–Crippen LogP) is 0.859. The number of carboxylic acid groups (broad SMARTS) is 1. The number of halogens is 3. The van der Waals surface area contributed by atoms with Gasteiger partial charge in [0, 0.05) is 0 Å². The first-order chi connectivity index (χ1) is 5.91. The molecular formula is C7H10F3NO2. The van der Waals surface area contributed by atoms with E-state index < -0.39 is 12.1 Å². The maximum Gasteiger partial charge on any atom is 0.490 e. The van der Waals surface area contributed by atoms with Crippen molar-refractivity contribution in [2.24, 2.45) is 11.8 Å². The number of carbonyl (C=O) groups is 1. The Morgan fingerprint density at radius 3 is 1.77 bits per heavy atom. The Labute approximate surface area is 72.9 Å². The van der Waals surface area contributed by atoms with Crippen molar-refractivity contribution >= 4 is 5.97 Å². The number of rotatable bonds is 0. The summed E-state index contributed by atoms with van der Waals surface area (Å²) in [7, 11) is 0. The first-order valence-corrected chi connectivity index (χ1v) is 3.92. The highest BCUT2D eigenvalue weighted by atomic mass is 19.4. The molecule has 2 rings (SSSR count). The van der Waals surface area contributed by atoms with Gasteiger partial charge in [-0.05, 0) is 31.3 Å². The monoisotopic (exact) mass is 197 g/mol. The molecule has 0 amide bonds. The minimum absolute atomic E-state index is 1.10. The van der Waals surface area contributed by atoms with E-state index in [-0.39, 0.29) is 0 Å². The fourth-order valence-corrected chi connectivity index (χ4v) is 1.26. The van der Waals surface area contributed by atoms with Crippen LogP contribution in [0.2, 0.25) is 0 Å². The highest BCUT2D eigenvalue weighted by molar-refractivity contribution is 5.73. The molecule has 1 aliphatic heterocycles. The van der Waals surface area contributed by atoms with Gasteiger partial charge in [0.05, 0.1) is 0 Å². The van der Waals surface area contributed by atoms with Crippen molar-refractivity contribution in [2.75, 3.05) is 13.1 Å². The maximum absolute atomic E-state index is 10.6. The molecule has 2 unspecified atom stereocenters. The molecule has 1 heterocycles. The molecule has 0 radical (unpaired) electrons. The molecule has 6 heteroatoms. The van der Waals surface area contributed by atoms with E-state index in [9.17, 15) is 13.2 Å². The summed E-state index contributed by atoms with van der Waals surface area (Å²) in [5.41, 5.74) is 0. The molecule has 2 atom stereocenters. The van der Waals surface area contributed by atoms with Gasteiger partial charge >= 0.3 is 12.1 Å². The van der Waals surface area contributed by atoms with Crippen molar-refractivity contribution in [1.29, 1.82) is 0 Å². The fraction of sp³-hybridized carbons (Fsp3) is 0.857. The average Bonchev–Trinajstić information content (AvgIpc) is 2.59. The number of carboxylic acids is 1. The van der Waals surface area contributed by atoms with Gasteiger partial charge in [-0.3, -0.25) is 0 Å². The SMILES string of the molecule is C1NCC2CC12.O=C(O)C(F)(F)F. The molecule has 2 N–H and O–H groups in total. The van der Waals surface area contributed by atoms with E-state index in [0.717, 1.165) is 11.8 Å². The number of hydrogen-bond acceptors (Lipinski definition) is 2. The van der Waals surface area contributed by atoms with Crippen LogP contribution in [0, 0.1) is 11.8 Å². The normalized spacial score (nSPS) is 30.1. The third kappa shape index (κ3) is 3.22. The highest BCUT2D eigenvalue weighted by Crippen LogP contribution is 2.40. The standard InChI is InChI=1S/C5H9N.C2HF3O2/c1-4-2-6-3-5(1)4;3-2(4,5)1(6)7/h4-6H,1-3H2;(H,6,7). The second-order valence-electron chi connectivity index (χ2n) is 3.22. The van der Waals surface area contributed by atoms with Gasteiger partial charge in [0.2, 0.25) is 0 Å². The van der Waals surface area contributed by atoms with Crippen LogP contribution in [0.3, 0.4) is 0 Å². The van der Waals surface area contributed by atoms with Crippen LogP contribution in [0.5, 0.6) is 0 Å². The molecule has 2 fully saturated rings. The largest absolute Gasteiger partial charge is 0.490 e. The number of alkyl halides is 3. The van der Waals surface area contributed by atoms with Crippen molar-refractivity contribution in [3.8, 4) is 0 Å². The molecule has 0 aromatic rings. The second-order valence-corrected chi connectivity index (χ2v) is 3.22. The molecule has 76 valence electrons. The Balaban J connectivity index is 0.000000130. The van der Waals surface area contributed by atoms with Crippen LogP contribution in [-0.4, -0.2) is 30.3 Å². The van der Waals surface area contributed by atoms with Gasteiger partial charge in [-0.2, -0.15) is 13.2 Å². The summed E-state index contributed by atoms with van der Waals surface area (Å²) in [4.78, 5) is 8.90. The summed E-state index contributed by atoms with van der Waals surface area (Å²) in [5, 5.41) is 10.4. The Morgan fingerprint density at radius 1 is 1.31 bits per heavy atom. The lowest BCUT2D eigenvalue weighted by Gasteiger charge is -1.93. The lowest BCUT2D eigenvalue weighted by molar-refractivity contribution is -0.192. The molecule has 0 aromatic carbocycles. The van der Waals surface area contributed by atoms with Crippen molar-refractivity contribution in [1.82, 2.24) is 5.32 Å². The summed E-state index contributed by atoms with van der Waals surface area (Å²) < 4.78 is 31.7.